The van der Waals surface area contributed by atoms with E-state index >= 15 is 8.78 Å². The number of likely N-dealkylation sites (tertiary alicyclic amines) is 1. The zero-order valence-electron chi connectivity index (χ0n) is 32.7. The Morgan fingerprint density at radius 1 is 0.917 bits per heavy atom. The first-order chi connectivity index (χ1) is 28.9. The maximum absolute atomic E-state index is 15.4. The summed E-state index contributed by atoms with van der Waals surface area (Å²) in [5.41, 5.74) is 2.12. The van der Waals surface area contributed by atoms with Crippen molar-refractivity contribution in [2.75, 3.05) is 56.7 Å². The molecule has 5 atom stereocenters. The highest BCUT2D eigenvalue weighted by Gasteiger charge is 2.47. The van der Waals surface area contributed by atoms with Crippen molar-refractivity contribution < 1.29 is 36.2 Å². The van der Waals surface area contributed by atoms with Crippen LogP contribution in [0.1, 0.15) is 18.7 Å². The van der Waals surface area contributed by atoms with Crippen LogP contribution < -0.4 is 14.5 Å². The molecule has 10 rings (SSSR count). The number of anilines is 2. The molecule has 0 N–H and O–H groups in total. The third-order valence-corrected chi connectivity index (χ3v) is 12.1. The van der Waals surface area contributed by atoms with Gasteiger partial charge in [0, 0.05) is 76.2 Å². The second-order valence-corrected chi connectivity index (χ2v) is 15.8. The van der Waals surface area contributed by atoms with E-state index in [4.69, 9.17) is 24.4 Å². The lowest BCUT2D eigenvalue weighted by Gasteiger charge is -2.35. The summed E-state index contributed by atoms with van der Waals surface area (Å²) in [6.45, 7) is 2.81. The summed E-state index contributed by atoms with van der Waals surface area (Å²) in [4.78, 5) is 45.6. The van der Waals surface area contributed by atoms with Gasteiger partial charge in [-0.15, -0.1) is 0 Å². The molecule has 3 fully saturated rings. The highest BCUT2D eigenvalue weighted by Crippen LogP contribution is 2.39. The van der Waals surface area contributed by atoms with Gasteiger partial charge in [0.15, 0.2) is 11.5 Å². The maximum Gasteiger partial charge on any atom is 0.317 e. The van der Waals surface area contributed by atoms with Crippen LogP contribution in [0.4, 0.5) is 33.7 Å². The van der Waals surface area contributed by atoms with Crippen LogP contribution in [0.15, 0.2) is 48.8 Å². The van der Waals surface area contributed by atoms with Gasteiger partial charge < -0.3 is 28.7 Å². The summed E-state index contributed by atoms with van der Waals surface area (Å²) >= 11 is 0. The molecule has 6 aromatic rings. The van der Waals surface area contributed by atoms with Gasteiger partial charge >= 0.3 is 6.01 Å². The van der Waals surface area contributed by atoms with Gasteiger partial charge in [-0.25, -0.2) is 36.6 Å². The fourth-order valence-corrected chi connectivity index (χ4v) is 9.33. The molecule has 0 unspecified atom stereocenters. The number of ether oxygens (including phenoxy) is 2. The average molecular weight is 831 g/mol. The lowest BCUT2D eigenvalue weighted by molar-refractivity contribution is -0.133. The molecule has 2 aromatic carbocycles. The molecule has 20 heteroatoms. The predicted octanol–water partition coefficient (Wildman–Crippen LogP) is 4.39. The third kappa shape index (κ3) is 6.52. The molecular formula is C40H39F5N12O3. The third-order valence-electron chi connectivity index (χ3n) is 12.1. The summed E-state index contributed by atoms with van der Waals surface area (Å²) in [5.74, 6) is -1.21. The van der Waals surface area contributed by atoms with Crippen LogP contribution in [-0.2, 0) is 16.1 Å². The fourth-order valence-electron chi connectivity index (χ4n) is 9.33. The van der Waals surface area contributed by atoms with Crippen LogP contribution in [-0.4, -0.2) is 139 Å². The lowest BCUT2D eigenvalue weighted by atomic mass is 10.1. The number of carbonyl (C=O) groups excluding carboxylic acids is 1. The van der Waals surface area contributed by atoms with Crippen molar-refractivity contribution in [1.29, 1.82) is 0 Å². The highest BCUT2D eigenvalue weighted by molar-refractivity contribution is 5.94. The topological polar surface area (TPSA) is 136 Å². The van der Waals surface area contributed by atoms with Crippen LogP contribution in [0, 0.1) is 24.4 Å². The van der Waals surface area contributed by atoms with Crippen molar-refractivity contribution in [2.45, 2.75) is 63.1 Å². The summed E-state index contributed by atoms with van der Waals surface area (Å²) < 4.78 is 87.0. The van der Waals surface area contributed by atoms with Gasteiger partial charge in [0.05, 0.1) is 54.0 Å². The van der Waals surface area contributed by atoms with Crippen LogP contribution >= 0.6 is 0 Å². The van der Waals surface area contributed by atoms with Gasteiger partial charge in [-0.05, 0) is 37.6 Å². The molecule has 15 nitrogen and oxygen atoms in total. The van der Waals surface area contributed by atoms with Crippen molar-refractivity contribution in [1.82, 2.24) is 49.1 Å². The number of aryl methyl sites for hydroxylation is 1. The molecule has 60 heavy (non-hydrogen) atoms. The van der Waals surface area contributed by atoms with Crippen LogP contribution in [0.3, 0.4) is 0 Å². The van der Waals surface area contributed by atoms with E-state index in [-0.39, 0.29) is 73.9 Å². The average Bonchev–Trinajstić information content (AvgIpc) is 4.05. The number of imidazole rings is 1. The monoisotopic (exact) mass is 830 g/mol. The maximum atomic E-state index is 15.4. The lowest BCUT2D eigenvalue weighted by Crippen LogP contribution is -2.49. The molecule has 8 heterocycles. The van der Waals surface area contributed by atoms with E-state index in [1.54, 1.807) is 30.0 Å². The van der Waals surface area contributed by atoms with Crippen LogP contribution in [0.25, 0.3) is 39.0 Å². The number of hydrogen-bond acceptors (Lipinski definition) is 12. The molecule has 6 bridgehead atoms. The number of benzene rings is 2. The number of alkyl halides is 2. The number of hydrogen-bond donors (Lipinski definition) is 0. The summed E-state index contributed by atoms with van der Waals surface area (Å²) in [6.07, 6.45) is 0.155. The Balaban J connectivity index is 1.09. The summed E-state index contributed by atoms with van der Waals surface area (Å²) in [6, 6.07) is 6.39. The number of piperazine rings is 1. The number of aromatic nitrogens is 8. The van der Waals surface area contributed by atoms with E-state index in [0.717, 1.165) is 12.1 Å². The number of amides is 1. The molecule has 4 aliphatic heterocycles. The molecule has 4 aromatic heterocycles. The second-order valence-electron chi connectivity index (χ2n) is 15.8. The van der Waals surface area contributed by atoms with Crippen LogP contribution in [0.2, 0.25) is 0 Å². The van der Waals surface area contributed by atoms with Gasteiger partial charge in [0.1, 0.15) is 41.1 Å². The quantitative estimate of drug-likeness (QED) is 0.221. The van der Waals surface area contributed by atoms with Crippen molar-refractivity contribution in [3.05, 3.63) is 72.1 Å². The largest absolute Gasteiger partial charge is 0.458 e. The molecule has 3 saturated heterocycles. The highest BCUT2D eigenvalue weighted by atomic mass is 19.3. The minimum Gasteiger partial charge on any atom is -0.458 e. The standard InChI is InChI=1S/C40H39F5N12O3/c1-20-48-31-10-22(42)8-27-30-6-7-46-40(49-30)60-25-12-33(38(58)52(2)16-26(59-3)18-54(20)35(27)31)56(17-25)36-28-13-47-57(32-5-4-21(41)9-29(32)43)37(28)51-39(50-36)55-15-23-11-24(55)14-53(23)19-34(44)45/h4-10,13,23-26,33-34H,11-12,14-19H2,1-3H3/t23-,24-,25+,26-,33+/m1/s1. The first kappa shape index (κ1) is 38.2. The van der Waals surface area contributed by atoms with E-state index in [1.165, 1.54) is 35.3 Å². The van der Waals surface area contributed by atoms with Crippen molar-refractivity contribution >= 4 is 39.7 Å². The van der Waals surface area contributed by atoms with E-state index in [9.17, 15) is 18.0 Å². The normalized spacial score (nSPS) is 23.3. The number of fused-ring (bicyclic) bond motifs is 8. The zero-order valence-corrected chi connectivity index (χ0v) is 32.7. The molecule has 312 valence electrons. The number of carbonyl (C=O) groups is 1. The molecule has 0 spiro atoms. The van der Waals surface area contributed by atoms with E-state index in [2.05, 4.69) is 15.1 Å². The minimum atomic E-state index is -2.48. The van der Waals surface area contributed by atoms with Gasteiger partial charge in [-0.3, -0.25) is 9.69 Å². The molecular weight excluding hydrogens is 792 g/mol. The number of likely N-dealkylation sites (N-methyl/N-ethyl adjacent to an activating group) is 1. The second kappa shape index (κ2) is 14.6. The first-order valence-corrected chi connectivity index (χ1v) is 19.6. The Morgan fingerprint density at radius 2 is 1.77 bits per heavy atom. The molecule has 0 aliphatic carbocycles. The van der Waals surface area contributed by atoms with E-state index in [1.807, 2.05) is 21.3 Å². The Hall–Kier alpha value is -6.02. The van der Waals surface area contributed by atoms with Crippen LogP contribution in [0.5, 0.6) is 6.01 Å². The van der Waals surface area contributed by atoms with Crippen molar-refractivity contribution in [3.63, 3.8) is 0 Å². The fraction of sp³-hybridized carbons (Fsp3) is 0.425. The Kier molecular flexibility index (Phi) is 9.30. The van der Waals surface area contributed by atoms with E-state index in [0.29, 0.717) is 58.8 Å². The van der Waals surface area contributed by atoms with Gasteiger partial charge in [0.25, 0.3) is 6.43 Å². The Labute approximate surface area is 339 Å². The molecule has 0 saturated carbocycles. The number of rotatable bonds is 6. The Bertz CT molecular complexity index is 2660. The first-order valence-electron chi connectivity index (χ1n) is 19.6. The van der Waals surface area contributed by atoms with Crippen molar-refractivity contribution in [2.24, 2.45) is 0 Å². The van der Waals surface area contributed by atoms with Gasteiger partial charge in [-0.1, -0.05) is 0 Å². The zero-order chi connectivity index (χ0) is 41.6. The predicted molar refractivity (Wildman–Crippen MR) is 208 cm³/mol. The smallest absolute Gasteiger partial charge is 0.317 e. The summed E-state index contributed by atoms with van der Waals surface area (Å²) in [5, 5.41) is 4.87. The molecule has 0 radical (unpaired) electrons. The Morgan fingerprint density at radius 3 is 2.53 bits per heavy atom. The molecule has 4 aliphatic rings. The summed E-state index contributed by atoms with van der Waals surface area (Å²) in [7, 11) is 3.25. The van der Waals surface area contributed by atoms with Crippen molar-refractivity contribution in [3.8, 4) is 23.0 Å². The van der Waals surface area contributed by atoms with E-state index < -0.39 is 42.1 Å². The molecule has 1 amide bonds. The SMILES string of the molecule is CO[C@@H]1CN(C)C(=O)[C@@H]2C[C@@H](CN2c2nc(N3C[C@H]4C[C@@H]3CN4CC(F)F)nc3c2cnn3-c2ccc(F)cc2F)Oc2nccc(n2)-c2cc(F)cc3nc(C)n(c23)C1. The minimum absolute atomic E-state index is 0.0123. The number of methoxy groups -OCH3 is 1. The van der Waals surface area contributed by atoms with Gasteiger partial charge in [0.2, 0.25) is 11.9 Å². The number of halogens is 5. The van der Waals surface area contributed by atoms with Gasteiger partial charge in [-0.2, -0.15) is 20.1 Å². The number of nitrogens with zero attached hydrogens (tertiary/aromatic N) is 12.